The Morgan fingerprint density at radius 2 is 2.15 bits per heavy atom. The number of amides is 1. The van der Waals surface area contributed by atoms with Gasteiger partial charge in [-0.2, -0.15) is 0 Å². The van der Waals surface area contributed by atoms with Gasteiger partial charge >= 0.3 is 5.97 Å². The zero-order valence-corrected chi connectivity index (χ0v) is 12.6. The quantitative estimate of drug-likeness (QED) is 0.882. The molecule has 1 aliphatic rings. The standard InChI is InChI=1S/C13H10BrNO4S/c14-9-5-4-7(19-9)11(16)15-12-10(13(17)18)6-2-1-3-8(6)20-12/h4-5H,1-3H2,(H,15,16)(H,17,18). The molecule has 2 aromatic rings. The summed E-state index contributed by atoms with van der Waals surface area (Å²) in [5, 5.41) is 12.4. The second-order valence-electron chi connectivity index (χ2n) is 4.42. The Hall–Kier alpha value is -1.60. The Labute approximate surface area is 126 Å². The van der Waals surface area contributed by atoms with Crippen molar-refractivity contribution in [1.29, 1.82) is 0 Å². The van der Waals surface area contributed by atoms with E-state index in [1.54, 1.807) is 6.07 Å². The lowest BCUT2D eigenvalue weighted by Crippen LogP contribution is -2.13. The number of carbonyl (C=O) groups excluding carboxylic acids is 1. The molecular weight excluding hydrogens is 346 g/mol. The highest BCUT2D eigenvalue weighted by molar-refractivity contribution is 9.10. The summed E-state index contributed by atoms with van der Waals surface area (Å²) in [6.07, 6.45) is 2.61. The van der Waals surface area contributed by atoms with Crippen molar-refractivity contribution < 1.29 is 19.1 Å². The van der Waals surface area contributed by atoms with Gasteiger partial charge in [-0.3, -0.25) is 4.79 Å². The molecule has 0 atom stereocenters. The van der Waals surface area contributed by atoms with E-state index in [1.807, 2.05) is 0 Å². The van der Waals surface area contributed by atoms with Crippen LogP contribution in [0, 0.1) is 0 Å². The van der Waals surface area contributed by atoms with Crippen molar-refractivity contribution >= 4 is 44.1 Å². The third-order valence-corrected chi connectivity index (χ3v) is 4.79. The van der Waals surface area contributed by atoms with Gasteiger partial charge in [-0.1, -0.05) is 0 Å². The van der Waals surface area contributed by atoms with Crippen molar-refractivity contribution in [2.24, 2.45) is 0 Å². The molecule has 0 unspecified atom stereocenters. The molecule has 3 rings (SSSR count). The molecule has 0 spiro atoms. The number of halogens is 1. The van der Waals surface area contributed by atoms with E-state index in [2.05, 4.69) is 21.2 Å². The van der Waals surface area contributed by atoms with E-state index < -0.39 is 11.9 Å². The van der Waals surface area contributed by atoms with Crippen LogP contribution in [-0.4, -0.2) is 17.0 Å². The molecular formula is C13H10BrNO4S. The van der Waals surface area contributed by atoms with Crippen molar-refractivity contribution in [2.75, 3.05) is 5.32 Å². The van der Waals surface area contributed by atoms with Crippen molar-refractivity contribution in [3.8, 4) is 0 Å². The molecule has 104 valence electrons. The van der Waals surface area contributed by atoms with Crippen LogP contribution in [-0.2, 0) is 12.8 Å². The number of aryl methyl sites for hydroxylation is 1. The minimum atomic E-state index is -1.000. The van der Waals surface area contributed by atoms with Gasteiger partial charge in [0.15, 0.2) is 10.4 Å². The average Bonchev–Trinajstić information content (AvgIpc) is 3.03. The van der Waals surface area contributed by atoms with Crippen LogP contribution in [0.2, 0.25) is 0 Å². The van der Waals surface area contributed by atoms with E-state index in [-0.39, 0.29) is 11.3 Å². The van der Waals surface area contributed by atoms with Crippen molar-refractivity contribution in [3.05, 3.63) is 38.6 Å². The predicted molar refractivity (Wildman–Crippen MR) is 77.7 cm³/mol. The lowest BCUT2D eigenvalue weighted by molar-refractivity contribution is 0.0697. The minimum Gasteiger partial charge on any atom is -0.478 e. The number of aromatic carboxylic acids is 1. The fraction of sp³-hybridized carbons (Fsp3) is 0.231. The summed E-state index contributed by atoms with van der Waals surface area (Å²) in [6, 6.07) is 3.14. The second-order valence-corrected chi connectivity index (χ2v) is 6.31. The van der Waals surface area contributed by atoms with Gasteiger partial charge in [-0.25, -0.2) is 4.79 Å². The Morgan fingerprint density at radius 3 is 2.80 bits per heavy atom. The Kier molecular flexibility index (Phi) is 3.39. The normalized spacial score (nSPS) is 13.2. The minimum absolute atomic E-state index is 0.141. The monoisotopic (exact) mass is 355 g/mol. The fourth-order valence-electron chi connectivity index (χ4n) is 2.32. The number of carboxylic acids is 1. The maximum Gasteiger partial charge on any atom is 0.339 e. The molecule has 7 heteroatoms. The topological polar surface area (TPSA) is 79.5 Å². The van der Waals surface area contributed by atoms with Gasteiger partial charge in [-0.05, 0) is 52.9 Å². The zero-order valence-electron chi connectivity index (χ0n) is 10.2. The molecule has 20 heavy (non-hydrogen) atoms. The summed E-state index contributed by atoms with van der Waals surface area (Å²) < 4.78 is 5.61. The van der Waals surface area contributed by atoms with Crippen LogP contribution in [0.15, 0.2) is 21.2 Å². The van der Waals surface area contributed by atoms with Gasteiger partial charge in [0.25, 0.3) is 5.91 Å². The summed E-state index contributed by atoms with van der Waals surface area (Å²) in [4.78, 5) is 24.5. The number of anilines is 1. The summed E-state index contributed by atoms with van der Waals surface area (Å²) in [6.45, 7) is 0. The molecule has 2 N–H and O–H groups in total. The number of nitrogens with one attached hydrogen (secondary N) is 1. The highest BCUT2D eigenvalue weighted by atomic mass is 79.9. The van der Waals surface area contributed by atoms with Crippen molar-refractivity contribution in [1.82, 2.24) is 0 Å². The number of rotatable bonds is 3. The third kappa shape index (κ3) is 2.27. The molecule has 0 saturated carbocycles. The molecule has 0 aliphatic heterocycles. The van der Waals surface area contributed by atoms with Crippen LogP contribution in [0.5, 0.6) is 0 Å². The van der Waals surface area contributed by atoms with Crippen molar-refractivity contribution in [3.63, 3.8) is 0 Å². The zero-order chi connectivity index (χ0) is 14.3. The second kappa shape index (κ2) is 5.06. The Balaban J connectivity index is 1.91. The highest BCUT2D eigenvalue weighted by Crippen LogP contribution is 2.39. The smallest absolute Gasteiger partial charge is 0.339 e. The van der Waals surface area contributed by atoms with E-state index in [4.69, 9.17) is 4.42 Å². The first-order valence-electron chi connectivity index (χ1n) is 6.01. The molecule has 1 aliphatic carbocycles. The van der Waals surface area contributed by atoms with Crippen LogP contribution in [0.25, 0.3) is 0 Å². The van der Waals surface area contributed by atoms with Crippen molar-refractivity contribution in [2.45, 2.75) is 19.3 Å². The van der Waals surface area contributed by atoms with Crippen LogP contribution in [0.4, 0.5) is 5.00 Å². The molecule has 0 radical (unpaired) electrons. The molecule has 0 bridgehead atoms. The molecule has 0 saturated heterocycles. The summed E-state index contributed by atoms with van der Waals surface area (Å²) in [5.74, 6) is -1.31. The van der Waals surface area contributed by atoms with Gasteiger partial charge in [0.05, 0.1) is 5.56 Å². The van der Waals surface area contributed by atoms with E-state index in [1.165, 1.54) is 17.4 Å². The van der Waals surface area contributed by atoms with Gasteiger partial charge < -0.3 is 14.8 Å². The van der Waals surface area contributed by atoms with E-state index >= 15 is 0 Å². The van der Waals surface area contributed by atoms with E-state index in [0.29, 0.717) is 9.67 Å². The van der Waals surface area contributed by atoms with Crippen LogP contribution >= 0.6 is 27.3 Å². The summed E-state index contributed by atoms with van der Waals surface area (Å²) in [7, 11) is 0. The van der Waals surface area contributed by atoms with Crippen LogP contribution < -0.4 is 5.32 Å². The number of fused-ring (bicyclic) bond motifs is 1. The number of thiophene rings is 1. The van der Waals surface area contributed by atoms with Gasteiger partial charge in [0, 0.05) is 4.88 Å². The molecule has 5 nitrogen and oxygen atoms in total. The Morgan fingerprint density at radius 1 is 1.35 bits per heavy atom. The first kappa shape index (κ1) is 13.4. The maximum atomic E-state index is 12.0. The fourth-order valence-corrected chi connectivity index (χ4v) is 3.90. The molecule has 2 heterocycles. The number of hydrogen-bond donors (Lipinski definition) is 2. The average molecular weight is 356 g/mol. The first-order valence-corrected chi connectivity index (χ1v) is 7.61. The maximum absolute atomic E-state index is 12.0. The number of furan rings is 1. The van der Waals surface area contributed by atoms with Gasteiger partial charge in [-0.15, -0.1) is 11.3 Å². The van der Waals surface area contributed by atoms with Crippen LogP contribution in [0.1, 0.15) is 37.8 Å². The lowest BCUT2D eigenvalue weighted by Gasteiger charge is -2.03. The third-order valence-electron chi connectivity index (χ3n) is 3.16. The Bertz CT molecular complexity index is 703. The highest BCUT2D eigenvalue weighted by Gasteiger charge is 2.27. The molecule has 0 aromatic carbocycles. The molecule has 0 fully saturated rings. The van der Waals surface area contributed by atoms with Crippen LogP contribution in [0.3, 0.4) is 0 Å². The SMILES string of the molecule is O=C(Nc1sc2c(c1C(=O)O)CCC2)c1ccc(Br)o1. The first-order chi connectivity index (χ1) is 9.56. The largest absolute Gasteiger partial charge is 0.478 e. The predicted octanol–water partition coefficient (Wildman–Crippen LogP) is 3.54. The molecule has 2 aromatic heterocycles. The van der Waals surface area contributed by atoms with Gasteiger partial charge in [0.2, 0.25) is 0 Å². The van der Waals surface area contributed by atoms with Gasteiger partial charge in [0.1, 0.15) is 5.00 Å². The number of carbonyl (C=O) groups is 2. The molecule has 1 amide bonds. The number of carboxylic acid groups (broad SMARTS) is 1. The van der Waals surface area contributed by atoms with E-state index in [0.717, 1.165) is 29.7 Å². The number of hydrogen-bond acceptors (Lipinski definition) is 4. The summed E-state index contributed by atoms with van der Waals surface area (Å²) in [5.41, 5.74) is 1.08. The summed E-state index contributed by atoms with van der Waals surface area (Å²) >= 11 is 4.46. The van der Waals surface area contributed by atoms with E-state index in [9.17, 15) is 14.7 Å². The lowest BCUT2D eigenvalue weighted by atomic mass is 10.1.